The first-order chi connectivity index (χ1) is 12.9. The molecule has 148 valence electrons. The maximum atomic E-state index is 12.3. The topological polar surface area (TPSA) is 84.9 Å². The van der Waals surface area contributed by atoms with Crippen LogP contribution in [0.1, 0.15) is 31.4 Å². The normalized spacial score (nSPS) is 14.4. The number of fused-ring (bicyclic) bond motifs is 1. The number of nitrogens with zero attached hydrogens (tertiary/aromatic N) is 1. The second-order valence-corrected chi connectivity index (χ2v) is 7.10. The van der Waals surface area contributed by atoms with Crippen molar-refractivity contribution in [2.45, 2.75) is 39.3 Å². The molecule has 0 spiro atoms. The molecule has 0 saturated heterocycles. The average Bonchev–Trinajstić information content (AvgIpc) is 2.65. The number of methoxy groups -OCH3 is 1. The van der Waals surface area contributed by atoms with E-state index in [0.717, 1.165) is 12.0 Å². The minimum atomic E-state index is -0.708. The first-order valence-electron chi connectivity index (χ1n) is 9.20. The molecule has 1 aromatic carbocycles. The molecule has 0 saturated carbocycles. The molecule has 1 unspecified atom stereocenters. The van der Waals surface area contributed by atoms with Crippen LogP contribution in [0.5, 0.6) is 0 Å². The highest BCUT2D eigenvalue weighted by atomic mass is 16.5. The van der Waals surface area contributed by atoms with Crippen molar-refractivity contribution in [1.29, 1.82) is 0 Å². The lowest BCUT2D eigenvalue weighted by Crippen LogP contribution is -2.44. The van der Waals surface area contributed by atoms with Crippen molar-refractivity contribution >= 4 is 17.8 Å². The van der Waals surface area contributed by atoms with Gasteiger partial charge in [0.1, 0.15) is 19.3 Å². The van der Waals surface area contributed by atoms with E-state index in [9.17, 15) is 14.4 Å². The lowest BCUT2D eigenvalue weighted by molar-refractivity contribution is -0.147. The lowest BCUT2D eigenvalue weighted by Gasteiger charge is -2.28. The Hall–Kier alpha value is -2.41. The maximum Gasteiger partial charge on any atom is 0.328 e. The smallest absolute Gasteiger partial charge is 0.328 e. The molecule has 0 fully saturated rings. The quantitative estimate of drug-likeness (QED) is 0.691. The second-order valence-electron chi connectivity index (χ2n) is 7.10. The summed E-state index contributed by atoms with van der Waals surface area (Å²) in [5.41, 5.74) is 2.41. The van der Waals surface area contributed by atoms with Crippen molar-refractivity contribution in [1.82, 2.24) is 10.2 Å². The summed E-state index contributed by atoms with van der Waals surface area (Å²) in [6.45, 7) is 4.67. The van der Waals surface area contributed by atoms with Gasteiger partial charge >= 0.3 is 5.97 Å². The monoisotopic (exact) mass is 376 g/mol. The number of esters is 1. The Morgan fingerprint density at radius 2 is 1.85 bits per heavy atom. The van der Waals surface area contributed by atoms with Crippen LogP contribution in [0.4, 0.5) is 0 Å². The van der Waals surface area contributed by atoms with E-state index in [1.165, 1.54) is 12.7 Å². The molecule has 1 aliphatic rings. The molecule has 1 heterocycles. The lowest BCUT2D eigenvalue weighted by atomic mass is 10.00. The Morgan fingerprint density at radius 3 is 2.52 bits per heavy atom. The van der Waals surface area contributed by atoms with E-state index in [-0.39, 0.29) is 25.0 Å². The summed E-state index contributed by atoms with van der Waals surface area (Å²) < 4.78 is 9.97. The fourth-order valence-electron chi connectivity index (χ4n) is 3.09. The first-order valence-corrected chi connectivity index (χ1v) is 9.20. The van der Waals surface area contributed by atoms with Crippen molar-refractivity contribution in [2.75, 3.05) is 26.9 Å². The van der Waals surface area contributed by atoms with Crippen molar-refractivity contribution in [3.05, 3.63) is 35.4 Å². The zero-order valence-electron chi connectivity index (χ0n) is 16.2. The molecule has 1 N–H and O–H groups in total. The van der Waals surface area contributed by atoms with Gasteiger partial charge in [-0.25, -0.2) is 4.79 Å². The summed E-state index contributed by atoms with van der Waals surface area (Å²) in [5, 5.41) is 2.60. The average molecular weight is 376 g/mol. The van der Waals surface area contributed by atoms with Crippen LogP contribution in [-0.4, -0.2) is 55.6 Å². The van der Waals surface area contributed by atoms with Gasteiger partial charge in [0.2, 0.25) is 11.8 Å². The molecule has 1 aromatic rings. The molecule has 2 amide bonds. The molecule has 7 nitrogen and oxygen atoms in total. The van der Waals surface area contributed by atoms with E-state index < -0.39 is 17.9 Å². The van der Waals surface area contributed by atoms with Gasteiger partial charge in [0.15, 0.2) is 0 Å². The van der Waals surface area contributed by atoms with Crippen molar-refractivity contribution in [3.8, 4) is 0 Å². The molecule has 7 heteroatoms. The number of benzene rings is 1. The van der Waals surface area contributed by atoms with Crippen LogP contribution < -0.4 is 5.32 Å². The summed E-state index contributed by atoms with van der Waals surface area (Å²) in [4.78, 5) is 37.8. The summed E-state index contributed by atoms with van der Waals surface area (Å²) in [6, 6.07) is 7.35. The van der Waals surface area contributed by atoms with E-state index in [1.807, 2.05) is 32.0 Å². The Kier molecular flexibility index (Phi) is 7.79. The standard InChI is InChI=1S/C20H28N2O5/c1-14(2)10-17(20(25)26-3)21-18(23)12-27-13-19(24)22-9-8-15-6-4-5-7-16(15)11-22/h4-7,14,17H,8-13H2,1-3H3,(H,21,23). The number of amides is 2. The fraction of sp³-hybridized carbons (Fsp3) is 0.550. The third-order valence-corrected chi connectivity index (χ3v) is 4.47. The summed E-state index contributed by atoms with van der Waals surface area (Å²) in [7, 11) is 1.29. The third-order valence-electron chi connectivity index (χ3n) is 4.47. The largest absolute Gasteiger partial charge is 0.467 e. The SMILES string of the molecule is COC(=O)C(CC(C)C)NC(=O)COCC(=O)N1CCc2ccccc2C1. The van der Waals surface area contributed by atoms with Gasteiger partial charge in [-0.2, -0.15) is 0 Å². The van der Waals surface area contributed by atoms with Crippen LogP contribution in [0.3, 0.4) is 0 Å². The summed E-state index contributed by atoms with van der Waals surface area (Å²) in [6.07, 6.45) is 1.29. The van der Waals surface area contributed by atoms with Crippen molar-refractivity contribution < 1.29 is 23.9 Å². The molecule has 0 bridgehead atoms. The highest BCUT2D eigenvalue weighted by Crippen LogP contribution is 2.18. The molecular formula is C20H28N2O5. The Labute approximate surface area is 160 Å². The molecular weight excluding hydrogens is 348 g/mol. The van der Waals surface area contributed by atoms with Crippen LogP contribution in [0.15, 0.2) is 24.3 Å². The van der Waals surface area contributed by atoms with E-state index in [0.29, 0.717) is 19.5 Å². The zero-order chi connectivity index (χ0) is 19.8. The minimum Gasteiger partial charge on any atom is -0.467 e. The van der Waals surface area contributed by atoms with Crippen LogP contribution in [0.25, 0.3) is 0 Å². The van der Waals surface area contributed by atoms with Gasteiger partial charge in [-0.05, 0) is 29.9 Å². The van der Waals surface area contributed by atoms with E-state index in [1.54, 1.807) is 4.90 Å². The molecule has 0 radical (unpaired) electrons. The summed E-state index contributed by atoms with van der Waals surface area (Å²) in [5.74, 6) is -0.856. The molecule has 0 aromatic heterocycles. The van der Waals surface area contributed by atoms with E-state index in [4.69, 9.17) is 9.47 Å². The molecule has 0 aliphatic carbocycles. The highest BCUT2D eigenvalue weighted by Gasteiger charge is 2.23. The van der Waals surface area contributed by atoms with Crippen LogP contribution >= 0.6 is 0 Å². The van der Waals surface area contributed by atoms with Gasteiger partial charge in [0, 0.05) is 13.1 Å². The zero-order valence-corrected chi connectivity index (χ0v) is 16.2. The number of hydrogen-bond acceptors (Lipinski definition) is 5. The van der Waals surface area contributed by atoms with Crippen LogP contribution in [-0.2, 0) is 36.8 Å². The molecule has 1 atom stereocenters. The Bertz CT molecular complexity index is 674. The number of carbonyl (C=O) groups excluding carboxylic acids is 3. The second kappa shape index (κ2) is 10.1. The Morgan fingerprint density at radius 1 is 1.15 bits per heavy atom. The summed E-state index contributed by atoms with van der Waals surface area (Å²) >= 11 is 0. The number of nitrogens with one attached hydrogen (secondary N) is 1. The van der Waals surface area contributed by atoms with Gasteiger partial charge in [-0.3, -0.25) is 9.59 Å². The predicted molar refractivity (Wildman–Crippen MR) is 99.8 cm³/mol. The maximum absolute atomic E-state index is 12.3. The van der Waals surface area contributed by atoms with E-state index in [2.05, 4.69) is 11.4 Å². The number of carbonyl (C=O) groups is 3. The van der Waals surface area contributed by atoms with E-state index >= 15 is 0 Å². The molecule has 1 aliphatic heterocycles. The minimum absolute atomic E-state index is 0.149. The predicted octanol–water partition coefficient (Wildman–Crippen LogP) is 1.29. The number of ether oxygens (including phenoxy) is 2. The number of hydrogen-bond donors (Lipinski definition) is 1. The van der Waals surface area contributed by atoms with Gasteiger partial charge in [-0.15, -0.1) is 0 Å². The first kappa shape index (κ1) is 20.9. The van der Waals surface area contributed by atoms with Crippen LogP contribution in [0.2, 0.25) is 0 Å². The molecule has 27 heavy (non-hydrogen) atoms. The number of rotatable bonds is 8. The van der Waals surface area contributed by atoms with Crippen molar-refractivity contribution in [3.63, 3.8) is 0 Å². The molecule has 2 rings (SSSR count). The van der Waals surface area contributed by atoms with Crippen LogP contribution in [0, 0.1) is 5.92 Å². The van der Waals surface area contributed by atoms with Gasteiger partial charge < -0.3 is 19.7 Å². The van der Waals surface area contributed by atoms with Gasteiger partial charge in [-0.1, -0.05) is 38.1 Å². The fourth-order valence-corrected chi connectivity index (χ4v) is 3.09. The van der Waals surface area contributed by atoms with Crippen molar-refractivity contribution in [2.24, 2.45) is 5.92 Å². The Balaban J connectivity index is 1.76. The van der Waals surface area contributed by atoms with Gasteiger partial charge in [0.25, 0.3) is 0 Å². The van der Waals surface area contributed by atoms with Gasteiger partial charge in [0.05, 0.1) is 7.11 Å². The highest BCUT2D eigenvalue weighted by molar-refractivity contribution is 5.85. The third kappa shape index (κ3) is 6.36.